The number of H-pyrrole nitrogens is 1. The lowest BCUT2D eigenvalue weighted by atomic mass is 9.73. The largest absolute Gasteiger partial charge is 0.346 e. The summed E-state index contributed by atoms with van der Waals surface area (Å²) in [5.41, 5.74) is 8.10. The molecule has 1 fully saturated rings. The highest BCUT2D eigenvalue weighted by molar-refractivity contribution is 6.03. The number of carbonyl (C=O) groups is 1. The van der Waals surface area contributed by atoms with Crippen molar-refractivity contribution in [3.05, 3.63) is 59.4 Å². The first-order chi connectivity index (χ1) is 15.5. The van der Waals surface area contributed by atoms with Crippen molar-refractivity contribution in [3.8, 4) is 11.1 Å². The predicted molar refractivity (Wildman–Crippen MR) is 129 cm³/mol. The number of nitrogens with one attached hydrogen (secondary N) is 1. The van der Waals surface area contributed by atoms with Gasteiger partial charge >= 0.3 is 0 Å². The molecule has 2 aromatic heterocycles. The Morgan fingerprint density at radius 3 is 2.62 bits per heavy atom. The van der Waals surface area contributed by atoms with Crippen LogP contribution in [0, 0.1) is 0 Å². The molecule has 6 rings (SSSR count). The number of aromatic amines is 1. The zero-order chi connectivity index (χ0) is 21.9. The molecule has 3 aliphatic rings. The average molecular weight is 427 g/mol. The Kier molecular flexibility index (Phi) is 4.60. The van der Waals surface area contributed by atoms with E-state index in [0.29, 0.717) is 12.2 Å². The first-order valence-corrected chi connectivity index (χ1v) is 11.7. The lowest BCUT2D eigenvalue weighted by molar-refractivity contribution is 0.0945. The van der Waals surface area contributed by atoms with E-state index < -0.39 is 0 Å². The van der Waals surface area contributed by atoms with Crippen molar-refractivity contribution >= 4 is 22.4 Å². The third kappa shape index (κ3) is 3.14. The van der Waals surface area contributed by atoms with Gasteiger partial charge in [-0.05, 0) is 80.8 Å². The van der Waals surface area contributed by atoms with Gasteiger partial charge in [0, 0.05) is 53.8 Å². The molecule has 0 amide bonds. The van der Waals surface area contributed by atoms with Crippen LogP contribution in [0.3, 0.4) is 0 Å². The molecule has 3 aromatic rings. The normalized spacial score (nSPS) is 21.3. The van der Waals surface area contributed by atoms with Crippen molar-refractivity contribution in [2.45, 2.75) is 31.1 Å². The predicted octanol–water partition coefficient (Wildman–Crippen LogP) is 4.50. The van der Waals surface area contributed by atoms with E-state index >= 15 is 0 Å². The fourth-order valence-corrected chi connectivity index (χ4v) is 5.83. The smallest absolute Gasteiger partial charge is 0.164 e. The van der Waals surface area contributed by atoms with Crippen LogP contribution in [-0.2, 0) is 5.41 Å². The Bertz CT molecular complexity index is 1250. The van der Waals surface area contributed by atoms with E-state index in [1.54, 1.807) is 0 Å². The van der Waals surface area contributed by atoms with E-state index in [2.05, 4.69) is 65.4 Å². The van der Waals surface area contributed by atoms with Crippen LogP contribution in [0.25, 0.3) is 27.7 Å². The molecule has 5 nitrogen and oxygen atoms in total. The van der Waals surface area contributed by atoms with Crippen LogP contribution in [0.4, 0.5) is 0 Å². The SMILES string of the molecule is CN1CC=C(c2cnc3[nH]cc(-c4ccc5c(c4)C4(CCN(C)CC4)CC5=O)c3c2)CC1. The molecule has 1 saturated heterocycles. The number of ketones is 1. The minimum Gasteiger partial charge on any atom is -0.346 e. The Morgan fingerprint density at radius 2 is 1.84 bits per heavy atom. The van der Waals surface area contributed by atoms with E-state index in [0.717, 1.165) is 62.0 Å². The molecule has 32 heavy (non-hydrogen) atoms. The van der Waals surface area contributed by atoms with Gasteiger partial charge in [0.1, 0.15) is 5.65 Å². The monoisotopic (exact) mass is 426 g/mol. The number of carbonyl (C=O) groups excluding carboxylic acids is 1. The van der Waals surface area contributed by atoms with Crippen molar-refractivity contribution in [2.24, 2.45) is 0 Å². The first kappa shape index (κ1) is 19.9. The van der Waals surface area contributed by atoms with Crippen LogP contribution in [0.1, 0.15) is 47.2 Å². The number of aromatic nitrogens is 2. The van der Waals surface area contributed by atoms with E-state index in [1.807, 2.05) is 6.20 Å². The Hall–Kier alpha value is -2.76. The molecule has 1 N–H and O–H groups in total. The van der Waals surface area contributed by atoms with Crippen LogP contribution < -0.4 is 0 Å². The molecular weight excluding hydrogens is 396 g/mol. The maximum Gasteiger partial charge on any atom is 0.164 e. The molecule has 0 atom stereocenters. The third-order valence-electron chi connectivity index (χ3n) is 7.96. The number of hydrogen-bond donors (Lipinski definition) is 1. The number of likely N-dealkylation sites (N-methyl/N-ethyl adjacent to an activating group) is 1. The van der Waals surface area contributed by atoms with Gasteiger partial charge in [-0.1, -0.05) is 18.2 Å². The van der Waals surface area contributed by atoms with E-state index in [-0.39, 0.29) is 5.41 Å². The standard InChI is InChI=1S/C27H30N4O/c1-30-9-5-18(6-10-30)20-13-22-23(17-29-26(22)28-16-20)19-3-4-21-24(14-19)27(15-25(21)32)7-11-31(2)12-8-27/h3-5,13-14,16-17H,6-12,15H2,1-2H3,(H,28,29). The second-order valence-corrected chi connectivity index (χ2v) is 10.0. The Balaban J connectivity index is 1.42. The van der Waals surface area contributed by atoms with Crippen molar-refractivity contribution in [1.29, 1.82) is 0 Å². The zero-order valence-electron chi connectivity index (χ0n) is 18.9. The second-order valence-electron chi connectivity index (χ2n) is 10.0. The fraction of sp³-hybridized carbons (Fsp3) is 0.407. The number of piperidine rings is 1. The van der Waals surface area contributed by atoms with Gasteiger partial charge in [0.2, 0.25) is 0 Å². The maximum atomic E-state index is 12.8. The molecule has 0 bridgehead atoms. The third-order valence-corrected chi connectivity index (χ3v) is 7.96. The minimum absolute atomic E-state index is 0.0173. The maximum absolute atomic E-state index is 12.8. The van der Waals surface area contributed by atoms with Gasteiger partial charge in [0.15, 0.2) is 5.78 Å². The number of rotatable bonds is 2. The van der Waals surface area contributed by atoms with Crippen LogP contribution in [0.2, 0.25) is 0 Å². The summed E-state index contributed by atoms with van der Waals surface area (Å²) >= 11 is 0. The molecule has 0 unspecified atom stereocenters. The first-order valence-electron chi connectivity index (χ1n) is 11.7. The van der Waals surface area contributed by atoms with Gasteiger partial charge < -0.3 is 14.8 Å². The second kappa shape index (κ2) is 7.39. The highest BCUT2D eigenvalue weighted by atomic mass is 16.1. The van der Waals surface area contributed by atoms with Crippen molar-refractivity contribution in [1.82, 2.24) is 19.8 Å². The molecule has 2 aliphatic heterocycles. The number of likely N-dealkylation sites (tertiary alicyclic amines) is 1. The number of pyridine rings is 1. The number of nitrogens with zero attached hydrogens (tertiary/aromatic N) is 3. The van der Waals surface area contributed by atoms with E-state index in [1.165, 1.54) is 27.8 Å². The molecule has 0 saturated carbocycles. The Morgan fingerprint density at radius 1 is 1.00 bits per heavy atom. The number of benzene rings is 1. The molecular formula is C27H30N4O. The minimum atomic E-state index is 0.0173. The van der Waals surface area contributed by atoms with Gasteiger partial charge in [-0.15, -0.1) is 0 Å². The highest BCUT2D eigenvalue weighted by Gasteiger charge is 2.44. The van der Waals surface area contributed by atoms with Gasteiger partial charge in [-0.25, -0.2) is 4.98 Å². The summed E-state index contributed by atoms with van der Waals surface area (Å²) in [6.45, 7) is 4.19. The highest BCUT2D eigenvalue weighted by Crippen LogP contribution is 2.47. The van der Waals surface area contributed by atoms with Crippen LogP contribution in [0.5, 0.6) is 0 Å². The quantitative estimate of drug-likeness (QED) is 0.656. The molecule has 1 spiro atoms. The molecule has 1 aromatic carbocycles. The summed E-state index contributed by atoms with van der Waals surface area (Å²) in [6.07, 6.45) is 10.2. The number of hydrogen-bond acceptors (Lipinski definition) is 4. The summed E-state index contributed by atoms with van der Waals surface area (Å²) in [5.74, 6) is 0.313. The van der Waals surface area contributed by atoms with E-state index in [4.69, 9.17) is 4.98 Å². The fourth-order valence-electron chi connectivity index (χ4n) is 5.83. The zero-order valence-corrected chi connectivity index (χ0v) is 18.9. The van der Waals surface area contributed by atoms with Gasteiger partial charge in [0.25, 0.3) is 0 Å². The van der Waals surface area contributed by atoms with Gasteiger partial charge in [0.05, 0.1) is 0 Å². The lowest BCUT2D eigenvalue weighted by Crippen LogP contribution is -2.39. The molecule has 5 heteroatoms. The topological polar surface area (TPSA) is 52.2 Å². The summed E-state index contributed by atoms with van der Waals surface area (Å²) in [7, 11) is 4.34. The van der Waals surface area contributed by atoms with Crippen LogP contribution >= 0.6 is 0 Å². The number of Topliss-reactive ketones (excluding diaryl/α,β-unsaturated/α-hetero) is 1. The van der Waals surface area contributed by atoms with Crippen molar-refractivity contribution < 1.29 is 4.79 Å². The lowest BCUT2D eigenvalue weighted by Gasteiger charge is -2.38. The van der Waals surface area contributed by atoms with Gasteiger partial charge in [-0.3, -0.25) is 4.79 Å². The molecule has 4 heterocycles. The van der Waals surface area contributed by atoms with E-state index in [9.17, 15) is 4.79 Å². The summed E-state index contributed by atoms with van der Waals surface area (Å²) < 4.78 is 0. The average Bonchev–Trinajstić information content (AvgIpc) is 3.35. The molecule has 0 radical (unpaired) electrons. The molecule has 1 aliphatic carbocycles. The van der Waals surface area contributed by atoms with Crippen LogP contribution in [-0.4, -0.2) is 65.8 Å². The van der Waals surface area contributed by atoms with Gasteiger partial charge in [-0.2, -0.15) is 0 Å². The summed E-state index contributed by atoms with van der Waals surface area (Å²) in [4.78, 5) is 25.6. The van der Waals surface area contributed by atoms with Crippen molar-refractivity contribution in [2.75, 3.05) is 40.3 Å². The van der Waals surface area contributed by atoms with Crippen LogP contribution in [0.15, 0.2) is 42.7 Å². The Labute approximate surface area is 189 Å². The number of fused-ring (bicyclic) bond motifs is 3. The molecule has 164 valence electrons. The summed E-state index contributed by atoms with van der Waals surface area (Å²) in [5, 5.41) is 1.16. The summed E-state index contributed by atoms with van der Waals surface area (Å²) in [6, 6.07) is 8.77. The van der Waals surface area contributed by atoms with Crippen molar-refractivity contribution in [3.63, 3.8) is 0 Å².